The Labute approximate surface area is 143 Å². The first kappa shape index (κ1) is 13.9. The average Bonchev–Trinajstić information content (AvgIpc) is 3.31. The average molecular weight is 335 g/mol. The summed E-state index contributed by atoms with van der Waals surface area (Å²) >= 11 is 1.64. The first-order valence-electron chi connectivity index (χ1n) is 8.24. The number of phenols is 1. The van der Waals surface area contributed by atoms with E-state index in [2.05, 4.69) is 39.8 Å². The minimum absolute atomic E-state index is 0.285. The molecule has 0 amide bonds. The van der Waals surface area contributed by atoms with E-state index in [0.29, 0.717) is 0 Å². The second-order valence-electron chi connectivity index (χ2n) is 6.27. The van der Waals surface area contributed by atoms with E-state index in [1.165, 1.54) is 18.5 Å². The second-order valence-corrected chi connectivity index (χ2v) is 7.28. The lowest BCUT2D eigenvalue weighted by atomic mass is 10.1. The molecule has 1 N–H and O–H groups in total. The highest BCUT2D eigenvalue weighted by Crippen LogP contribution is 2.32. The van der Waals surface area contributed by atoms with E-state index < -0.39 is 0 Å². The van der Waals surface area contributed by atoms with Gasteiger partial charge in [-0.15, -0.1) is 0 Å². The minimum atomic E-state index is 0.285. The van der Waals surface area contributed by atoms with Gasteiger partial charge in [0.15, 0.2) is 4.96 Å². The largest absolute Gasteiger partial charge is 0.508 e. The van der Waals surface area contributed by atoms with Crippen molar-refractivity contribution in [3.63, 3.8) is 0 Å². The Bertz CT molecular complexity index is 1030. The molecule has 1 saturated heterocycles. The number of anilines is 1. The number of benzene rings is 2. The maximum absolute atomic E-state index is 9.73. The van der Waals surface area contributed by atoms with Gasteiger partial charge in [-0.1, -0.05) is 23.5 Å². The fraction of sp³-hybridized carbons (Fsp3) is 0.211. The maximum atomic E-state index is 9.73. The lowest BCUT2D eigenvalue weighted by Gasteiger charge is -2.17. The number of aromatic hydroxyl groups is 1. The molecule has 0 atom stereocenters. The third-order valence-corrected chi connectivity index (χ3v) is 5.75. The molecule has 2 aromatic heterocycles. The van der Waals surface area contributed by atoms with Gasteiger partial charge in [0.25, 0.3) is 0 Å². The smallest absolute Gasteiger partial charge is 0.195 e. The van der Waals surface area contributed by atoms with E-state index in [1.807, 2.05) is 6.07 Å². The molecule has 0 bridgehead atoms. The Kier molecular flexibility index (Phi) is 3.03. The molecule has 120 valence electrons. The van der Waals surface area contributed by atoms with E-state index in [0.717, 1.165) is 39.5 Å². The Morgan fingerprint density at radius 1 is 1.00 bits per heavy atom. The Hall–Kier alpha value is -2.53. The molecule has 0 radical (unpaired) electrons. The molecule has 0 spiro atoms. The number of hydrogen-bond donors (Lipinski definition) is 1. The van der Waals surface area contributed by atoms with Gasteiger partial charge in [-0.3, -0.25) is 4.40 Å². The number of nitrogens with zero attached hydrogens (tertiary/aromatic N) is 3. The summed E-state index contributed by atoms with van der Waals surface area (Å²) < 4.78 is 3.19. The van der Waals surface area contributed by atoms with Gasteiger partial charge in [0.2, 0.25) is 0 Å². The summed E-state index contributed by atoms with van der Waals surface area (Å²) in [4.78, 5) is 8.15. The zero-order chi connectivity index (χ0) is 16.1. The van der Waals surface area contributed by atoms with Crippen molar-refractivity contribution in [1.29, 1.82) is 0 Å². The number of imidazole rings is 1. The van der Waals surface area contributed by atoms with Gasteiger partial charge in [0.05, 0.1) is 15.9 Å². The van der Waals surface area contributed by atoms with Crippen molar-refractivity contribution in [1.82, 2.24) is 9.38 Å². The molecular weight excluding hydrogens is 318 g/mol. The summed E-state index contributed by atoms with van der Waals surface area (Å²) in [5.41, 5.74) is 4.40. The molecule has 0 aliphatic carbocycles. The highest BCUT2D eigenvalue weighted by atomic mass is 32.1. The Morgan fingerprint density at radius 3 is 2.58 bits per heavy atom. The van der Waals surface area contributed by atoms with Gasteiger partial charge in [0, 0.05) is 36.6 Å². The summed E-state index contributed by atoms with van der Waals surface area (Å²) in [6.45, 7) is 2.32. The summed E-state index contributed by atoms with van der Waals surface area (Å²) in [5, 5.41) is 9.73. The SMILES string of the molecule is Oc1ccc2sc3nc(-c4ccc(N5CCCC5)cc4)cn3c2c1. The van der Waals surface area contributed by atoms with Crippen molar-refractivity contribution in [2.45, 2.75) is 12.8 Å². The van der Waals surface area contributed by atoms with Crippen LogP contribution in [-0.4, -0.2) is 27.6 Å². The summed E-state index contributed by atoms with van der Waals surface area (Å²) in [7, 11) is 0. The molecule has 2 aromatic carbocycles. The predicted octanol–water partition coefficient (Wildman–Crippen LogP) is 4.52. The van der Waals surface area contributed by atoms with Gasteiger partial charge in [0.1, 0.15) is 5.75 Å². The van der Waals surface area contributed by atoms with Crippen LogP contribution >= 0.6 is 11.3 Å². The third kappa shape index (κ3) is 2.16. The predicted molar refractivity (Wildman–Crippen MR) is 99.1 cm³/mol. The van der Waals surface area contributed by atoms with E-state index in [9.17, 15) is 5.11 Å². The van der Waals surface area contributed by atoms with E-state index in [4.69, 9.17) is 4.98 Å². The minimum Gasteiger partial charge on any atom is -0.508 e. The standard InChI is InChI=1S/C19H17N3OS/c23-15-7-8-18-17(11-15)22-12-16(20-19(22)24-18)13-3-5-14(6-4-13)21-9-1-2-10-21/h3-8,11-12,23H,1-2,9-10H2. The van der Waals surface area contributed by atoms with Crippen LogP contribution in [0.25, 0.3) is 26.4 Å². The highest BCUT2D eigenvalue weighted by Gasteiger charge is 2.14. The van der Waals surface area contributed by atoms with Crippen LogP contribution in [0.2, 0.25) is 0 Å². The van der Waals surface area contributed by atoms with E-state index in [1.54, 1.807) is 23.5 Å². The number of aromatic nitrogens is 2. The van der Waals surface area contributed by atoms with Crippen LogP contribution in [0, 0.1) is 0 Å². The molecule has 5 rings (SSSR count). The lowest BCUT2D eigenvalue weighted by Crippen LogP contribution is -2.17. The Morgan fingerprint density at radius 2 is 1.79 bits per heavy atom. The van der Waals surface area contributed by atoms with Crippen LogP contribution in [0.15, 0.2) is 48.7 Å². The number of hydrogen-bond acceptors (Lipinski definition) is 4. The number of rotatable bonds is 2. The highest BCUT2D eigenvalue weighted by molar-refractivity contribution is 7.23. The van der Waals surface area contributed by atoms with Gasteiger partial charge >= 0.3 is 0 Å². The van der Waals surface area contributed by atoms with Gasteiger partial charge in [-0.05, 0) is 37.1 Å². The van der Waals surface area contributed by atoms with Crippen molar-refractivity contribution in [2.75, 3.05) is 18.0 Å². The van der Waals surface area contributed by atoms with Crippen molar-refractivity contribution in [3.05, 3.63) is 48.7 Å². The molecule has 3 heterocycles. The second kappa shape index (κ2) is 5.24. The molecular formula is C19H17N3OS. The molecule has 5 heteroatoms. The zero-order valence-electron chi connectivity index (χ0n) is 13.1. The van der Waals surface area contributed by atoms with Crippen LogP contribution in [-0.2, 0) is 0 Å². The molecule has 24 heavy (non-hydrogen) atoms. The van der Waals surface area contributed by atoms with Gasteiger partial charge in [-0.2, -0.15) is 0 Å². The zero-order valence-corrected chi connectivity index (χ0v) is 14.0. The van der Waals surface area contributed by atoms with E-state index >= 15 is 0 Å². The van der Waals surface area contributed by atoms with Gasteiger partial charge in [-0.25, -0.2) is 4.98 Å². The quantitative estimate of drug-likeness (QED) is 0.585. The Balaban J connectivity index is 1.55. The monoisotopic (exact) mass is 335 g/mol. The van der Waals surface area contributed by atoms with Gasteiger partial charge < -0.3 is 10.0 Å². The fourth-order valence-corrected chi connectivity index (χ4v) is 4.43. The fourth-order valence-electron chi connectivity index (χ4n) is 3.44. The number of thiazole rings is 1. The lowest BCUT2D eigenvalue weighted by molar-refractivity contribution is 0.476. The van der Waals surface area contributed by atoms with Crippen LogP contribution < -0.4 is 4.90 Å². The maximum Gasteiger partial charge on any atom is 0.195 e. The number of phenolic OH excluding ortho intramolecular Hbond substituents is 1. The molecule has 0 saturated carbocycles. The van der Waals surface area contributed by atoms with Crippen LogP contribution in [0.1, 0.15) is 12.8 Å². The third-order valence-electron chi connectivity index (χ3n) is 4.71. The first-order valence-corrected chi connectivity index (χ1v) is 9.06. The molecule has 1 aliphatic heterocycles. The van der Waals surface area contributed by atoms with Crippen molar-refractivity contribution >= 4 is 32.2 Å². The van der Waals surface area contributed by atoms with Crippen LogP contribution in [0.5, 0.6) is 5.75 Å². The van der Waals surface area contributed by atoms with Crippen LogP contribution in [0.3, 0.4) is 0 Å². The summed E-state index contributed by atoms with van der Waals surface area (Å²) in [6, 6.07) is 14.1. The normalized spacial score (nSPS) is 14.9. The molecule has 1 aliphatic rings. The van der Waals surface area contributed by atoms with E-state index in [-0.39, 0.29) is 5.75 Å². The molecule has 4 nitrogen and oxygen atoms in total. The molecule has 4 aromatic rings. The molecule has 1 fully saturated rings. The topological polar surface area (TPSA) is 40.8 Å². The van der Waals surface area contributed by atoms with Crippen LogP contribution in [0.4, 0.5) is 5.69 Å². The number of fused-ring (bicyclic) bond motifs is 3. The summed E-state index contributed by atoms with van der Waals surface area (Å²) in [5.74, 6) is 0.285. The van der Waals surface area contributed by atoms with Crippen molar-refractivity contribution in [2.24, 2.45) is 0 Å². The van der Waals surface area contributed by atoms with Crippen molar-refractivity contribution < 1.29 is 5.11 Å². The summed E-state index contributed by atoms with van der Waals surface area (Å²) in [6.07, 6.45) is 4.64. The first-order chi connectivity index (χ1) is 11.8. The molecule has 0 unspecified atom stereocenters. The van der Waals surface area contributed by atoms with Crippen molar-refractivity contribution in [3.8, 4) is 17.0 Å².